The Bertz CT molecular complexity index is 1130. The van der Waals surface area contributed by atoms with E-state index in [1.54, 1.807) is 6.07 Å². The summed E-state index contributed by atoms with van der Waals surface area (Å²) < 4.78 is 55.1. The minimum atomic E-state index is -3.59. The van der Waals surface area contributed by atoms with Gasteiger partial charge < -0.3 is 10.6 Å². The van der Waals surface area contributed by atoms with Gasteiger partial charge in [0.15, 0.2) is 0 Å². The smallest absolute Gasteiger partial charge is 0.243 e. The van der Waals surface area contributed by atoms with Crippen LogP contribution in [0.2, 0.25) is 0 Å². The summed E-state index contributed by atoms with van der Waals surface area (Å²) in [4.78, 5) is 4.98. The zero-order chi connectivity index (χ0) is 22.9. The molecule has 2 aliphatic heterocycles. The second-order valence-corrected chi connectivity index (χ2v) is 10.4. The van der Waals surface area contributed by atoms with E-state index < -0.39 is 27.2 Å². The van der Waals surface area contributed by atoms with Gasteiger partial charge in [0.1, 0.15) is 17.5 Å². The van der Waals surface area contributed by atoms with Gasteiger partial charge in [-0.25, -0.2) is 17.2 Å². The molecule has 0 unspecified atom stereocenters. The second kappa shape index (κ2) is 10.0. The summed E-state index contributed by atoms with van der Waals surface area (Å²) in [5, 5.41) is 6.75. The van der Waals surface area contributed by atoms with Gasteiger partial charge in [-0.3, -0.25) is 4.99 Å². The van der Waals surface area contributed by atoms with Gasteiger partial charge in [-0.05, 0) is 61.6 Å². The Kier molecular flexibility index (Phi) is 7.78. The van der Waals surface area contributed by atoms with Gasteiger partial charge in [-0.1, -0.05) is 12.1 Å². The van der Waals surface area contributed by atoms with E-state index in [1.807, 2.05) is 26.0 Å². The van der Waals surface area contributed by atoms with Crippen LogP contribution in [-0.4, -0.2) is 50.3 Å². The SMILES string of the molecule is Cc1ccc(C)c(S(=O)(=O)N2CCC3(CC2)NCCN=C3NCc2cc(F)cc(F)c2)c1.Cl. The molecule has 2 aliphatic rings. The van der Waals surface area contributed by atoms with E-state index in [0.29, 0.717) is 49.5 Å². The Labute approximate surface area is 199 Å². The van der Waals surface area contributed by atoms with Crippen LogP contribution in [0.25, 0.3) is 0 Å². The number of aliphatic imine (C=N–C) groups is 1. The van der Waals surface area contributed by atoms with Crippen molar-refractivity contribution in [1.29, 1.82) is 0 Å². The van der Waals surface area contributed by atoms with Crippen LogP contribution in [0, 0.1) is 25.5 Å². The molecule has 0 aromatic heterocycles. The molecular formula is C23H29ClF2N4O2S. The average Bonchev–Trinajstić information content (AvgIpc) is 2.74. The quantitative estimate of drug-likeness (QED) is 0.678. The predicted molar refractivity (Wildman–Crippen MR) is 127 cm³/mol. The third-order valence-electron chi connectivity index (χ3n) is 6.22. The predicted octanol–water partition coefficient (Wildman–Crippen LogP) is 3.32. The Morgan fingerprint density at radius 3 is 2.42 bits per heavy atom. The van der Waals surface area contributed by atoms with E-state index in [9.17, 15) is 17.2 Å². The Hall–Kier alpha value is -2.07. The maximum absolute atomic E-state index is 13.5. The molecule has 0 amide bonds. The fourth-order valence-corrected chi connectivity index (χ4v) is 6.22. The molecule has 2 aromatic carbocycles. The van der Waals surface area contributed by atoms with Crippen LogP contribution >= 0.6 is 12.4 Å². The molecular weight excluding hydrogens is 470 g/mol. The zero-order valence-corrected chi connectivity index (χ0v) is 20.3. The number of hydrogen-bond acceptors (Lipinski definition) is 5. The highest BCUT2D eigenvalue weighted by Gasteiger charge is 2.43. The van der Waals surface area contributed by atoms with Gasteiger partial charge in [0, 0.05) is 32.2 Å². The largest absolute Gasteiger partial charge is 0.368 e. The molecule has 0 radical (unpaired) electrons. The van der Waals surface area contributed by atoms with Crippen molar-refractivity contribution in [2.24, 2.45) is 4.99 Å². The van der Waals surface area contributed by atoms with Crippen molar-refractivity contribution in [1.82, 2.24) is 14.9 Å². The maximum atomic E-state index is 13.5. The molecule has 2 aromatic rings. The van der Waals surface area contributed by atoms with Crippen molar-refractivity contribution in [3.63, 3.8) is 0 Å². The third-order valence-corrected chi connectivity index (χ3v) is 8.26. The summed E-state index contributed by atoms with van der Waals surface area (Å²) in [5.41, 5.74) is 1.65. The maximum Gasteiger partial charge on any atom is 0.243 e. The minimum Gasteiger partial charge on any atom is -0.368 e. The monoisotopic (exact) mass is 498 g/mol. The molecule has 0 bridgehead atoms. The first-order valence-corrected chi connectivity index (χ1v) is 12.2. The van der Waals surface area contributed by atoms with Crippen LogP contribution < -0.4 is 10.6 Å². The fourth-order valence-electron chi connectivity index (χ4n) is 4.47. The summed E-state index contributed by atoms with van der Waals surface area (Å²) in [6.45, 7) is 5.94. The van der Waals surface area contributed by atoms with Gasteiger partial charge in [0.25, 0.3) is 0 Å². The molecule has 0 aliphatic carbocycles. The molecule has 33 heavy (non-hydrogen) atoms. The van der Waals surface area contributed by atoms with E-state index >= 15 is 0 Å². The Balaban J connectivity index is 0.00000306. The van der Waals surface area contributed by atoms with Gasteiger partial charge in [-0.2, -0.15) is 4.31 Å². The standard InChI is InChI=1S/C23H28F2N4O2S.ClH/c1-16-3-4-17(2)21(11-16)32(30,31)29-9-5-23(6-10-29)22(26-7-8-28-23)27-15-18-12-19(24)14-20(25)13-18;/h3-4,11-14,28H,5-10,15H2,1-2H3,(H,26,27);1H. The second-order valence-electron chi connectivity index (χ2n) is 8.54. The number of piperidine rings is 1. The first-order valence-electron chi connectivity index (χ1n) is 10.8. The fraction of sp³-hybridized carbons (Fsp3) is 0.435. The number of hydrogen-bond donors (Lipinski definition) is 2. The molecule has 0 saturated carbocycles. The number of sulfonamides is 1. The van der Waals surface area contributed by atoms with Gasteiger partial charge in [0.2, 0.25) is 10.0 Å². The van der Waals surface area contributed by atoms with Crippen LogP contribution in [-0.2, 0) is 16.6 Å². The summed E-state index contributed by atoms with van der Waals surface area (Å²) in [6, 6.07) is 8.89. The number of aryl methyl sites for hydroxylation is 2. The lowest BCUT2D eigenvalue weighted by Gasteiger charge is -2.44. The van der Waals surface area contributed by atoms with Crippen molar-refractivity contribution >= 4 is 28.3 Å². The summed E-state index contributed by atoms with van der Waals surface area (Å²) in [7, 11) is -3.59. The van der Waals surface area contributed by atoms with Crippen LogP contribution in [0.15, 0.2) is 46.3 Å². The van der Waals surface area contributed by atoms with Crippen LogP contribution in [0.4, 0.5) is 8.78 Å². The summed E-state index contributed by atoms with van der Waals surface area (Å²) >= 11 is 0. The van der Waals surface area contributed by atoms with Crippen molar-refractivity contribution in [2.45, 2.75) is 43.7 Å². The lowest BCUT2D eigenvalue weighted by Crippen LogP contribution is -2.64. The van der Waals surface area contributed by atoms with Crippen molar-refractivity contribution < 1.29 is 17.2 Å². The number of nitrogens with one attached hydrogen (secondary N) is 2. The van der Waals surface area contributed by atoms with E-state index in [-0.39, 0.29) is 19.0 Å². The highest BCUT2D eigenvalue weighted by atomic mass is 35.5. The van der Waals surface area contributed by atoms with Gasteiger partial charge in [-0.15, -0.1) is 12.4 Å². The van der Waals surface area contributed by atoms with Crippen molar-refractivity contribution in [3.05, 3.63) is 64.7 Å². The lowest BCUT2D eigenvalue weighted by molar-refractivity contribution is 0.241. The molecule has 1 saturated heterocycles. The van der Waals surface area contributed by atoms with E-state index in [1.165, 1.54) is 16.4 Å². The van der Waals surface area contributed by atoms with E-state index in [0.717, 1.165) is 23.0 Å². The minimum absolute atomic E-state index is 0. The molecule has 10 heteroatoms. The molecule has 4 rings (SSSR count). The topological polar surface area (TPSA) is 73.8 Å². The highest BCUT2D eigenvalue weighted by Crippen LogP contribution is 2.30. The average molecular weight is 499 g/mol. The summed E-state index contributed by atoms with van der Waals surface area (Å²) in [6.07, 6.45) is 1.11. The van der Waals surface area contributed by atoms with Crippen molar-refractivity contribution in [3.8, 4) is 0 Å². The van der Waals surface area contributed by atoms with Crippen molar-refractivity contribution in [2.75, 3.05) is 26.2 Å². The normalized spacial score (nSPS) is 18.5. The third kappa shape index (κ3) is 5.37. The molecule has 6 nitrogen and oxygen atoms in total. The van der Waals surface area contributed by atoms with E-state index in [4.69, 9.17) is 0 Å². The number of benzene rings is 2. The van der Waals surface area contributed by atoms with Crippen LogP contribution in [0.5, 0.6) is 0 Å². The Morgan fingerprint density at radius 2 is 1.76 bits per heavy atom. The lowest BCUT2D eigenvalue weighted by atomic mass is 9.85. The van der Waals surface area contributed by atoms with Crippen LogP contribution in [0.1, 0.15) is 29.5 Å². The molecule has 1 spiro atoms. The van der Waals surface area contributed by atoms with Crippen LogP contribution in [0.3, 0.4) is 0 Å². The first-order chi connectivity index (χ1) is 15.2. The highest BCUT2D eigenvalue weighted by molar-refractivity contribution is 7.89. The first kappa shape index (κ1) is 25.6. The summed E-state index contributed by atoms with van der Waals surface area (Å²) in [5.74, 6) is -0.521. The molecule has 2 heterocycles. The van der Waals surface area contributed by atoms with E-state index in [2.05, 4.69) is 15.6 Å². The van der Waals surface area contributed by atoms with Gasteiger partial charge in [0.05, 0.1) is 17.0 Å². The molecule has 0 atom stereocenters. The Morgan fingerprint density at radius 1 is 1.09 bits per heavy atom. The zero-order valence-electron chi connectivity index (χ0n) is 18.7. The molecule has 1 fully saturated rings. The number of nitrogens with zero attached hydrogens (tertiary/aromatic N) is 2. The molecule has 180 valence electrons. The van der Waals surface area contributed by atoms with Gasteiger partial charge >= 0.3 is 0 Å². The number of amidine groups is 1. The molecule has 2 N–H and O–H groups in total. The number of rotatable bonds is 4. The number of halogens is 3.